The van der Waals surface area contributed by atoms with Gasteiger partial charge in [0.05, 0.1) is 0 Å². The van der Waals surface area contributed by atoms with E-state index in [4.69, 9.17) is 9.90 Å². The molecule has 0 aromatic heterocycles. The summed E-state index contributed by atoms with van der Waals surface area (Å²) in [6.45, 7) is 0.972. The Balaban J connectivity index is -0.0000000150. The molecule has 0 atom stereocenters. The molecule has 5 heteroatoms. The van der Waals surface area contributed by atoms with Crippen LogP contribution in [-0.4, -0.2) is 5.97 Å². The van der Waals surface area contributed by atoms with Crippen molar-refractivity contribution in [1.29, 1.82) is 0 Å². The van der Waals surface area contributed by atoms with Gasteiger partial charge in [0.15, 0.2) is 0 Å². The Bertz CT molecular complexity index is 36.7. The second-order valence-electron chi connectivity index (χ2n) is 0.492. The number of rotatable bonds is 0. The van der Waals surface area contributed by atoms with Crippen LogP contribution in [0.15, 0.2) is 0 Å². The quantitative estimate of drug-likeness (QED) is 0.612. The van der Waals surface area contributed by atoms with Crippen LogP contribution in [0, 0.1) is 83.5 Å². The van der Waals surface area contributed by atoms with E-state index in [-0.39, 0.29) is 89.6 Å². The Hall–Kier alpha value is 2.18. The Kier molecular flexibility index (Phi) is 51.4. The van der Waals surface area contributed by atoms with E-state index in [2.05, 4.69) is 0 Å². The molecule has 40 valence electrons. The first-order valence-electron chi connectivity index (χ1n) is 0.908. The number of carbonyl (C=O) groups excluding carboxylic acids is 1. The van der Waals surface area contributed by atoms with E-state index < -0.39 is 5.97 Å². The van der Waals surface area contributed by atoms with Crippen molar-refractivity contribution in [1.82, 2.24) is 6.15 Å². The number of carboxylic acids is 1. The van der Waals surface area contributed by atoms with Crippen LogP contribution in [0.25, 0.3) is 0 Å². The van der Waals surface area contributed by atoms with Crippen LogP contribution in [0.2, 0.25) is 0 Å². The van der Waals surface area contributed by atoms with Crippen molar-refractivity contribution in [2.45, 2.75) is 6.92 Å². The monoisotopic (exact) mass is 357 g/mol. The molecular weight excluding hydrogens is 350 g/mol. The fourth-order valence-corrected chi connectivity index (χ4v) is 0. The van der Waals surface area contributed by atoms with Crippen LogP contribution in [0.3, 0.4) is 0 Å². The largest absolute Gasteiger partial charge is 0.550 e. The molecule has 0 radical (unpaired) electrons. The van der Waals surface area contributed by atoms with Crippen molar-refractivity contribution >= 4 is 5.97 Å². The minimum absolute atomic E-state index is 0. The predicted molar refractivity (Wildman–Crippen MR) is 16.7 cm³/mol. The van der Waals surface area contributed by atoms with Gasteiger partial charge in [0, 0.05) is 89.5 Å². The predicted octanol–water partition coefficient (Wildman–Crippen LogP) is -0.868. The van der Waals surface area contributed by atoms with Crippen molar-refractivity contribution in [3.63, 3.8) is 0 Å². The number of carboxylic acid groups (broad SMARTS) is 1. The zero-order valence-corrected chi connectivity index (χ0v) is 10.6. The molecule has 4 N–H and O–H groups in total. The molecule has 0 aromatic carbocycles. The van der Waals surface area contributed by atoms with Crippen molar-refractivity contribution in [3.05, 3.63) is 0 Å². The zero-order valence-electron chi connectivity index (χ0n) is 4.32. The van der Waals surface area contributed by atoms with Gasteiger partial charge in [-0.05, 0) is 6.92 Å². The summed E-state index contributed by atoms with van der Waals surface area (Å²) in [5.74, 6) is -1.08. The molecule has 0 aliphatic heterocycles. The molecule has 0 heterocycles. The smallest absolute Gasteiger partial charge is 0.0383 e. The number of aliphatic carboxylic acids is 1. The second kappa shape index (κ2) is 15.7. The third-order valence-electron chi connectivity index (χ3n) is 0. The van der Waals surface area contributed by atoms with E-state index in [0.29, 0.717) is 0 Å². The van der Waals surface area contributed by atoms with E-state index >= 15 is 0 Å². The number of carbonyl (C=O) groups is 1. The van der Waals surface area contributed by atoms with E-state index in [1.807, 2.05) is 0 Å². The third kappa shape index (κ3) is 65.6. The Morgan fingerprint density at radius 2 is 1.43 bits per heavy atom. The van der Waals surface area contributed by atoms with Crippen molar-refractivity contribution in [2.75, 3.05) is 0 Å². The van der Waals surface area contributed by atoms with Gasteiger partial charge in [0.1, 0.15) is 0 Å². The van der Waals surface area contributed by atoms with Crippen LogP contribution < -0.4 is 11.3 Å². The Labute approximate surface area is 110 Å². The zero-order chi connectivity index (χ0) is 3.58. The van der Waals surface area contributed by atoms with Crippen LogP contribution in [0.1, 0.15) is 6.92 Å². The van der Waals surface area contributed by atoms with Crippen LogP contribution in [0.5, 0.6) is 0 Å². The molecule has 0 fully saturated rings. The van der Waals surface area contributed by atoms with E-state index in [1.165, 1.54) is 0 Å². The molecule has 0 unspecified atom stereocenters. The summed E-state index contributed by atoms with van der Waals surface area (Å²) in [6, 6.07) is 0. The molecule has 0 rings (SSSR count). The van der Waals surface area contributed by atoms with Gasteiger partial charge in [-0.1, -0.05) is 0 Å². The van der Waals surface area contributed by atoms with E-state index in [1.54, 1.807) is 0 Å². The van der Waals surface area contributed by atoms with Crippen LogP contribution >= 0.6 is 0 Å². The SMILES string of the molecule is CC(=O)[O-].[Ce].[Ce].[NH4+]. The van der Waals surface area contributed by atoms with Gasteiger partial charge in [-0.25, -0.2) is 0 Å². The summed E-state index contributed by atoms with van der Waals surface area (Å²) in [5, 5.41) is 8.89. The Morgan fingerprint density at radius 1 is 1.43 bits per heavy atom. The molecule has 7 heavy (non-hydrogen) atoms. The summed E-state index contributed by atoms with van der Waals surface area (Å²) < 4.78 is 0. The molecule has 0 aromatic rings. The van der Waals surface area contributed by atoms with Crippen LogP contribution in [-0.2, 0) is 4.79 Å². The molecule has 0 bridgehead atoms. The van der Waals surface area contributed by atoms with Crippen molar-refractivity contribution in [3.8, 4) is 0 Å². The number of hydrogen-bond acceptors (Lipinski definition) is 2. The average molecular weight is 357 g/mol. The van der Waals surface area contributed by atoms with E-state index in [0.717, 1.165) is 6.92 Å². The Morgan fingerprint density at radius 3 is 1.43 bits per heavy atom. The van der Waals surface area contributed by atoms with Crippen molar-refractivity contribution < 1.29 is 93.4 Å². The minimum Gasteiger partial charge on any atom is -0.550 e. The number of hydrogen-bond donors (Lipinski definition) is 1. The fourth-order valence-electron chi connectivity index (χ4n) is 0. The fraction of sp³-hybridized carbons (Fsp3) is 0.500. The average Bonchev–Trinajstić information content (AvgIpc) is 0.811. The molecule has 0 aliphatic rings. The first kappa shape index (κ1) is 22.9. The maximum absolute atomic E-state index is 8.89. The molecule has 3 nitrogen and oxygen atoms in total. The summed E-state index contributed by atoms with van der Waals surface area (Å²) in [6.07, 6.45) is 0. The standard InChI is InChI=1S/C2H4O2.2Ce.H3N/c1-2(3)4;;;/h1H3,(H,3,4);;;1H3. The van der Waals surface area contributed by atoms with Gasteiger partial charge in [-0.2, -0.15) is 0 Å². The molecule has 0 spiro atoms. The van der Waals surface area contributed by atoms with Crippen molar-refractivity contribution in [2.24, 2.45) is 0 Å². The van der Waals surface area contributed by atoms with Gasteiger partial charge in [0.2, 0.25) is 0 Å². The van der Waals surface area contributed by atoms with Gasteiger partial charge in [0.25, 0.3) is 0 Å². The molecular formula is C2H7Ce2NO2. The minimum atomic E-state index is -1.08. The van der Waals surface area contributed by atoms with Gasteiger partial charge in [-0.15, -0.1) is 0 Å². The van der Waals surface area contributed by atoms with Gasteiger partial charge < -0.3 is 16.1 Å². The maximum atomic E-state index is 8.89. The molecule has 0 amide bonds. The molecule has 0 saturated carbocycles. The summed E-state index contributed by atoms with van der Waals surface area (Å²) in [4.78, 5) is 8.89. The van der Waals surface area contributed by atoms with E-state index in [9.17, 15) is 0 Å². The summed E-state index contributed by atoms with van der Waals surface area (Å²) in [7, 11) is 0. The summed E-state index contributed by atoms with van der Waals surface area (Å²) >= 11 is 0. The summed E-state index contributed by atoms with van der Waals surface area (Å²) in [5.41, 5.74) is 0. The molecule has 0 saturated heterocycles. The second-order valence-corrected chi connectivity index (χ2v) is 0.492. The molecule has 0 aliphatic carbocycles. The van der Waals surface area contributed by atoms with Gasteiger partial charge in [-0.3, -0.25) is 0 Å². The van der Waals surface area contributed by atoms with Crippen LogP contribution in [0.4, 0.5) is 0 Å². The number of quaternary nitrogens is 1. The normalized spacial score (nSPS) is 3.57. The first-order valence-corrected chi connectivity index (χ1v) is 0.908. The maximum Gasteiger partial charge on any atom is 0.0383 e. The first-order chi connectivity index (χ1) is 1.73. The van der Waals surface area contributed by atoms with Gasteiger partial charge >= 0.3 is 0 Å². The topological polar surface area (TPSA) is 76.6 Å². The third-order valence-corrected chi connectivity index (χ3v) is 0.